The van der Waals surface area contributed by atoms with E-state index >= 15 is 0 Å². The molecule has 7 nitrogen and oxygen atoms in total. The molecule has 0 spiro atoms. The zero-order valence-corrected chi connectivity index (χ0v) is 20.1. The summed E-state index contributed by atoms with van der Waals surface area (Å²) in [5, 5.41) is 10.8. The summed E-state index contributed by atoms with van der Waals surface area (Å²) >= 11 is 0. The van der Waals surface area contributed by atoms with Crippen LogP contribution in [0.1, 0.15) is 69.7 Å². The maximum absolute atomic E-state index is 11.6. The molecule has 0 bridgehead atoms. The van der Waals surface area contributed by atoms with Crippen LogP contribution in [0.4, 0.5) is 17.5 Å². The van der Waals surface area contributed by atoms with Crippen LogP contribution in [0.15, 0.2) is 36.4 Å². The number of carbonyl (C=O) groups is 1. The molecule has 0 aliphatic carbocycles. The average Bonchev–Trinajstić information content (AvgIpc) is 3.16. The van der Waals surface area contributed by atoms with E-state index in [1.165, 1.54) is 6.21 Å². The maximum Gasteiger partial charge on any atom is 0.209 e. The molecule has 0 aliphatic heterocycles. The predicted octanol–water partition coefficient (Wildman–Crippen LogP) is 6.21. The van der Waals surface area contributed by atoms with Crippen molar-refractivity contribution in [3.8, 4) is 0 Å². The van der Waals surface area contributed by atoms with Crippen molar-refractivity contribution >= 4 is 40.6 Å². The topological polar surface area (TPSA) is 86.9 Å². The molecule has 1 aromatic carbocycles. The summed E-state index contributed by atoms with van der Waals surface area (Å²) in [4.78, 5) is 23.8. The van der Waals surface area contributed by atoms with Crippen LogP contribution in [0.2, 0.25) is 0 Å². The van der Waals surface area contributed by atoms with Crippen LogP contribution >= 0.6 is 0 Å². The Bertz CT molecular complexity index is 1050. The lowest BCUT2D eigenvalue weighted by Crippen LogP contribution is -2.26. The molecule has 176 valence electrons. The first-order valence-electron chi connectivity index (χ1n) is 12.1. The van der Waals surface area contributed by atoms with Crippen molar-refractivity contribution in [3.05, 3.63) is 42.0 Å². The number of unbranched alkanes of at least 4 members (excludes halogenated alkanes) is 3. The highest BCUT2D eigenvalue weighted by Gasteiger charge is 2.15. The number of hydrogen-bond donors (Lipinski definition) is 2. The Morgan fingerprint density at radius 2 is 1.73 bits per heavy atom. The quantitative estimate of drug-likeness (QED) is 0.174. The highest BCUT2D eigenvalue weighted by molar-refractivity contribution is 5.94. The molecule has 0 saturated carbocycles. The summed E-state index contributed by atoms with van der Waals surface area (Å²) in [5.41, 5.74) is 3.27. The number of benzene rings is 1. The third-order valence-electron chi connectivity index (χ3n) is 5.74. The van der Waals surface area contributed by atoms with Gasteiger partial charge in [0.15, 0.2) is 11.4 Å². The number of carbonyl (C=O) groups excluding carboxylic acids is 1. The summed E-state index contributed by atoms with van der Waals surface area (Å²) in [6.45, 7) is 8.73. The number of aromatic nitrogens is 3. The average molecular weight is 449 g/mol. The van der Waals surface area contributed by atoms with Crippen molar-refractivity contribution in [2.45, 2.75) is 65.8 Å². The van der Waals surface area contributed by atoms with Crippen molar-refractivity contribution in [2.24, 2.45) is 0 Å². The Labute approximate surface area is 196 Å². The van der Waals surface area contributed by atoms with Crippen molar-refractivity contribution < 1.29 is 4.79 Å². The lowest BCUT2D eigenvalue weighted by Gasteiger charge is -2.23. The largest absolute Gasteiger partial charge is 0.357 e. The van der Waals surface area contributed by atoms with E-state index < -0.39 is 0 Å². The Morgan fingerprint density at radius 3 is 2.33 bits per heavy atom. The molecule has 7 heteroatoms. The van der Waals surface area contributed by atoms with Crippen molar-refractivity contribution in [3.63, 3.8) is 0 Å². The predicted molar refractivity (Wildman–Crippen MR) is 137 cm³/mol. The van der Waals surface area contributed by atoms with Crippen molar-refractivity contribution in [1.82, 2.24) is 14.5 Å². The number of rotatable bonds is 14. The van der Waals surface area contributed by atoms with Gasteiger partial charge in [0.2, 0.25) is 5.95 Å². The molecule has 2 N–H and O–H groups in total. The monoisotopic (exact) mass is 448 g/mol. The highest BCUT2D eigenvalue weighted by atomic mass is 16.1. The molecule has 0 fully saturated rings. The second-order valence-electron chi connectivity index (χ2n) is 8.40. The molecule has 33 heavy (non-hydrogen) atoms. The van der Waals surface area contributed by atoms with Gasteiger partial charge in [-0.05, 0) is 75.2 Å². The van der Waals surface area contributed by atoms with Gasteiger partial charge in [-0.1, -0.05) is 26.7 Å². The molecule has 0 aliphatic rings. The van der Waals surface area contributed by atoms with Crippen molar-refractivity contribution in [2.75, 3.05) is 23.3 Å². The second-order valence-corrected chi connectivity index (χ2v) is 8.40. The molecule has 2 aromatic heterocycles. The van der Waals surface area contributed by atoms with Crippen LogP contribution in [0.3, 0.4) is 0 Å². The van der Waals surface area contributed by atoms with Crippen LogP contribution in [0, 0.1) is 5.41 Å². The van der Waals surface area contributed by atoms with Crippen LogP contribution in [-0.4, -0.2) is 39.6 Å². The Morgan fingerprint density at radius 1 is 1.03 bits per heavy atom. The van der Waals surface area contributed by atoms with E-state index in [9.17, 15) is 4.79 Å². The molecule has 0 radical (unpaired) electrons. The van der Waals surface area contributed by atoms with Crippen LogP contribution < -0.4 is 10.2 Å². The fourth-order valence-corrected chi connectivity index (χ4v) is 3.78. The molecule has 3 rings (SSSR count). The molecular formula is C26H36N6O. The first-order valence-corrected chi connectivity index (χ1v) is 12.1. The Balaban J connectivity index is 1.95. The molecule has 0 saturated heterocycles. The highest BCUT2D eigenvalue weighted by Crippen LogP contribution is 2.25. The first-order chi connectivity index (χ1) is 16.1. The van der Waals surface area contributed by atoms with E-state index in [2.05, 4.69) is 40.8 Å². The minimum atomic E-state index is 0.0489. The van der Waals surface area contributed by atoms with Gasteiger partial charge in [-0.3, -0.25) is 9.36 Å². The Kier molecular flexibility index (Phi) is 8.98. The van der Waals surface area contributed by atoms with E-state index in [-0.39, 0.29) is 5.78 Å². The third kappa shape index (κ3) is 6.40. The van der Waals surface area contributed by atoms with Crippen LogP contribution in [-0.2, 0) is 6.54 Å². The summed E-state index contributed by atoms with van der Waals surface area (Å²) < 4.78 is 2.11. The van der Waals surface area contributed by atoms with E-state index in [1.807, 2.05) is 24.3 Å². The van der Waals surface area contributed by atoms with Gasteiger partial charge in [-0.2, -0.15) is 0 Å². The fourth-order valence-electron chi connectivity index (χ4n) is 3.78. The number of hydrogen-bond acceptors (Lipinski definition) is 6. The number of pyridine rings is 1. The second kappa shape index (κ2) is 12.1. The third-order valence-corrected chi connectivity index (χ3v) is 5.74. The zero-order chi connectivity index (χ0) is 23.6. The van der Waals surface area contributed by atoms with E-state index in [0.29, 0.717) is 12.0 Å². The number of ketones is 1. The number of Topliss-reactive ketones (excluding diaryl/α,β-unsaturated/α-hetero) is 1. The normalized spacial score (nSPS) is 11.0. The van der Waals surface area contributed by atoms with Crippen molar-refractivity contribution in [1.29, 1.82) is 5.41 Å². The standard InChI is InChI=1S/C26H36N6O/c1-4-6-17-31(18-7-5-2)24-15-14-23-25(30-24)32(19-9-8-16-27)26(29-23)28-22-12-10-21(11-13-22)20(3)33/h10-16,27H,4-9,17-19H2,1-3H3,(H,28,29). The maximum atomic E-state index is 11.6. The number of fused-ring (bicyclic) bond motifs is 1. The molecule has 0 atom stereocenters. The van der Waals surface area contributed by atoms with Gasteiger partial charge in [-0.25, -0.2) is 9.97 Å². The van der Waals surface area contributed by atoms with Gasteiger partial charge >= 0.3 is 0 Å². The SMILES string of the molecule is CCCCN(CCCC)c1ccc2nc(Nc3ccc(C(C)=O)cc3)n(CCCC=N)c2n1. The first kappa shape index (κ1) is 24.4. The summed E-state index contributed by atoms with van der Waals surface area (Å²) in [7, 11) is 0. The van der Waals surface area contributed by atoms with Crippen LogP contribution in [0.5, 0.6) is 0 Å². The van der Waals surface area contributed by atoms with Gasteiger partial charge in [-0.15, -0.1) is 0 Å². The lowest BCUT2D eigenvalue weighted by molar-refractivity contribution is 0.101. The van der Waals surface area contributed by atoms with Gasteiger partial charge in [0.1, 0.15) is 11.3 Å². The summed E-state index contributed by atoms with van der Waals surface area (Å²) in [6.07, 6.45) is 7.60. The summed E-state index contributed by atoms with van der Waals surface area (Å²) in [6, 6.07) is 11.6. The molecule has 0 unspecified atom stereocenters. The van der Waals surface area contributed by atoms with Gasteiger partial charge < -0.3 is 15.6 Å². The van der Waals surface area contributed by atoms with E-state index in [0.717, 1.165) is 80.4 Å². The number of imidazole rings is 1. The molecule has 3 aromatic rings. The smallest absolute Gasteiger partial charge is 0.209 e. The molecular weight excluding hydrogens is 412 g/mol. The minimum absolute atomic E-state index is 0.0489. The lowest BCUT2D eigenvalue weighted by atomic mass is 10.1. The number of anilines is 3. The van der Waals surface area contributed by atoms with E-state index in [1.54, 1.807) is 6.92 Å². The van der Waals surface area contributed by atoms with E-state index in [4.69, 9.17) is 15.4 Å². The Hall–Kier alpha value is -3.22. The molecule has 2 heterocycles. The number of nitrogens with one attached hydrogen (secondary N) is 2. The van der Waals surface area contributed by atoms with Gasteiger partial charge in [0.05, 0.1) is 0 Å². The number of aryl methyl sites for hydroxylation is 1. The fraction of sp³-hybridized carbons (Fsp3) is 0.462. The van der Waals surface area contributed by atoms with Crippen LogP contribution in [0.25, 0.3) is 11.2 Å². The zero-order valence-electron chi connectivity index (χ0n) is 20.1. The summed E-state index contributed by atoms with van der Waals surface area (Å²) in [5.74, 6) is 1.77. The van der Waals surface area contributed by atoms with Gasteiger partial charge in [0, 0.05) is 30.9 Å². The molecule has 0 amide bonds. The van der Waals surface area contributed by atoms with Gasteiger partial charge in [0.25, 0.3) is 0 Å². The number of nitrogens with zero attached hydrogens (tertiary/aromatic N) is 4. The minimum Gasteiger partial charge on any atom is -0.357 e.